The van der Waals surface area contributed by atoms with E-state index in [-0.39, 0.29) is 29.6 Å². The molecule has 0 bridgehead atoms. The first-order valence-electron chi connectivity index (χ1n) is 8.45. The van der Waals surface area contributed by atoms with Crippen LogP contribution in [0, 0.1) is 17.8 Å². The molecule has 2 aliphatic rings. The van der Waals surface area contributed by atoms with Crippen molar-refractivity contribution in [1.29, 1.82) is 0 Å². The van der Waals surface area contributed by atoms with Crippen LogP contribution in [0.15, 0.2) is 4.99 Å². The summed E-state index contributed by atoms with van der Waals surface area (Å²) in [4.78, 5) is 30.0. The summed E-state index contributed by atoms with van der Waals surface area (Å²) in [6.45, 7) is 7.32. The molecule has 0 aromatic heterocycles. The van der Waals surface area contributed by atoms with Gasteiger partial charge < -0.3 is 20.3 Å². The van der Waals surface area contributed by atoms with Crippen LogP contribution < -0.4 is 10.6 Å². The summed E-state index contributed by atoms with van der Waals surface area (Å²) in [5.41, 5.74) is 0. The van der Waals surface area contributed by atoms with Crippen molar-refractivity contribution < 1.29 is 14.3 Å². The predicted octanol–water partition coefficient (Wildman–Crippen LogP) is 0.219. The Kier molecular flexibility index (Phi) is 6.24. The van der Waals surface area contributed by atoms with Crippen molar-refractivity contribution in [2.45, 2.75) is 26.7 Å². The maximum absolute atomic E-state index is 11.8. The number of nitrogens with one attached hydrogen (secondary N) is 2. The first kappa shape index (κ1) is 17.6. The van der Waals surface area contributed by atoms with Crippen molar-refractivity contribution in [3.05, 3.63) is 0 Å². The minimum absolute atomic E-state index is 0.113. The van der Waals surface area contributed by atoms with Gasteiger partial charge in [0.15, 0.2) is 5.96 Å². The Morgan fingerprint density at radius 2 is 2.00 bits per heavy atom. The number of aliphatic imine (C=N–C) groups is 1. The highest BCUT2D eigenvalue weighted by molar-refractivity contribution is 5.82. The predicted molar refractivity (Wildman–Crippen MR) is 88.0 cm³/mol. The molecule has 1 aliphatic carbocycles. The standard InChI is InChI=1S/C16H28N4O3/c1-4-17-16(19-8-7-18-14(21)12-5-6-12)20-9-11(2)13(10-20)15(22)23-3/h11-13H,4-10H2,1-3H3,(H,17,19)(H,18,21). The van der Waals surface area contributed by atoms with Gasteiger partial charge in [-0.1, -0.05) is 6.92 Å². The fraction of sp³-hybridized carbons (Fsp3) is 0.812. The van der Waals surface area contributed by atoms with E-state index in [4.69, 9.17) is 4.74 Å². The van der Waals surface area contributed by atoms with Gasteiger partial charge in [-0.25, -0.2) is 0 Å². The summed E-state index contributed by atoms with van der Waals surface area (Å²) in [5.74, 6) is 1.14. The second-order valence-corrected chi connectivity index (χ2v) is 6.31. The van der Waals surface area contributed by atoms with E-state index in [2.05, 4.69) is 27.4 Å². The minimum atomic E-state index is -0.160. The lowest BCUT2D eigenvalue weighted by molar-refractivity contribution is -0.146. The SMILES string of the molecule is CCNC(=NCCNC(=O)C1CC1)N1CC(C)C(C(=O)OC)C1. The summed E-state index contributed by atoms with van der Waals surface area (Å²) >= 11 is 0. The number of ether oxygens (including phenoxy) is 1. The Morgan fingerprint density at radius 1 is 1.26 bits per heavy atom. The van der Waals surface area contributed by atoms with Gasteiger partial charge in [-0.2, -0.15) is 0 Å². The average Bonchev–Trinajstić information content (AvgIpc) is 3.32. The third-order valence-electron chi connectivity index (χ3n) is 4.37. The Bertz CT molecular complexity index is 462. The summed E-state index contributed by atoms with van der Waals surface area (Å²) in [6, 6.07) is 0. The highest BCUT2D eigenvalue weighted by atomic mass is 16.5. The molecule has 7 nitrogen and oxygen atoms in total. The van der Waals surface area contributed by atoms with Gasteiger partial charge in [0.2, 0.25) is 5.91 Å². The molecule has 1 saturated carbocycles. The van der Waals surface area contributed by atoms with Crippen LogP contribution in [0.4, 0.5) is 0 Å². The molecule has 0 radical (unpaired) electrons. The maximum Gasteiger partial charge on any atom is 0.310 e. The summed E-state index contributed by atoms with van der Waals surface area (Å²) < 4.78 is 4.87. The van der Waals surface area contributed by atoms with Crippen LogP contribution in [0.2, 0.25) is 0 Å². The van der Waals surface area contributed by atoms with Crippen LogP contribution in [0.5, 0.6) is 0 Å². The average molecular weight is 324 g/mol. The molecule has 2 unspecified atom stereocenters. The largest absolute Gasteiger partial charge is 0.469 e. The van der Waals surface area contributed by atoms with Gasteiger partial charge >= 0.3 is 5.97 Å². The highest BCUT2D eigenvalue weighted by Gasteiger charge is 2.36. The molecule has 2 atom stereocenters. The minimum Gasteiger partial charge on any atom is -0.469 e. The van der Waals surface area contributed by atoms with Crippen molar-refractivity contribution in [1.82, 2.24) is 15.5 Å². The molecule has 130 valence electrons. The van der Waals surface area contributed by atoms with Crippen LogP contribution >= 0.6 is 0 Å². The van der Waals surface area contributed by atoms with E-state index in [9.17, 15) is 9.59 Å². The molecule has 2 rings (SSSR count). The van der Waals surface area contributed by atoms with E-state index < -0.39 is 0 Å². The van der Waals surface area contributed by atoms with E-state index in [0.717, 1.165) is 31.9 Å². The number of carbonyl (C=O) groups excluding carboxylic acids is 2. The monoisotopic (exact) mass is 324 g/mol. The molecule has 1 aliphatic heterocycles. The van der Waals surface area contributed by atoms with Gasteiger partial charge in [0.25, 0.3) is 0 Å². The third-order valence-corrected chi connectivity index (χ3v) is 4.37. The zero-order chi connectivity index (χ0) is 16.8. The number of hydrogen-bond donors (Lipinski definition) is 2. The van der Waals surface area contributed by atoms with Gasteiger partial charge in [0.1, 0.15) is 0 Å². The van der Waals surface area contributed by atoms with E-state index in [1.807, 2.05) is 6.92 Å². The number of nitrogens with zero attached hydrogens (tertiary/aromatic N) is 2. The van der Waals surface area contributed by atoms with Crippen LogP contribution in [-0.2, 0) is 14.3 Å². The molecular formula is C16H28N4O3. The van der Waals surface area contributed by atoms with Crippen LogP contribution in [0.3, 0.4) is 0 Å². The van der Waals surface area contributed by atoms with E-state index in [0.29, 0.717) is 19.6 Å². The smallest absolute Gasteiger partial charge is 0.310 e. The molecule has 2 fully saturated rings. The molecule has 0 aromatic rings. The van der Waals surface area contributed by atoms with Gasteiger partial charge in [-0.15, -0.1) is 0 Å². The van der Waals surface area contributed by atoms with Gasteiger partial charge in [-0.3, -0.25) is 14.6 Å². The summed E-state index contributed by atoms with van der Waals surface area (Å²) in [5, 5.41) is 6.17. The lowest BCUT2D eigenvalue weighted by Crippen LogP contribution is -2.41. The second kappa shape index (κ2) is 8.17. The molecule has 1 heterocycles. The molecule has 1 saturated heterocycles. The number of methoxy groups -OCH3 is 1. The number of amides is 1. The van der Waals surface area contributed by atoms with Crippen molar-refractivity contribution >= 4 is 17.8 Å². The van der Waals surface area contributed by atoms with Gasteiger partial charge in [0.05, 0.1) is 19.6 Å². The Labute approximate surface area is 137 Å². The van der Waals surface area contributed by atoms with E-state index >= 15 is 0 Å². The van der Waals surface area contributed by atoms with Crippen LogP contribution in [-0.4, -0.2) is 62.6 Å². The second-order valence-electron chi connectivity index (χ2n) is 6.31. The molecule has 1 amide bonds. The van der Waals surface area contributed by atoms with Crippen LogP contribution in [0.25, 0.3) is 0 Å². The molecule has 0 aromatic carbocycles. The normalized spacial score (nSPS) is 24.5. The number of hydrogen-bond acceptors (Lipinski definition) is 4. The Morgan fingerprint density at radius 3 is 2.61 bits per heavy atom. The first-order chi connectivity index (χ1) is 11.1. The maximum atomic E-state index is 11.8. The topological polar surface area (TPSA) is 83.0 Å². The van der Waals surface area contributed by atoms with Crippen molar-refractivity contribution in [2.75, 3.05) is 39.8 Å². The van der Waals surface area contributed by atoms with Crippen molar-refractivity contribution in [2.24, 2.45) is 22.7 Å². The van der Waals surface area contributed by atoms with Gasteiger partial charge in [0, 0.05) is 32.1 Å². The Balaban J connectivity index is 1.85. The molecular weight excluding hydrogens is 296 g/mol. The summed E-state index contributed by atoms with van der Waals surface area (Å²) in [6.07, 6.45) is 2.02. The number of carbonyl (C=O) groups is 2. The Hall–Kier alpha value is -1.79. The number of likely N-dealkylation sites (tertiary alicyclic amines) is 1. The fourth-order valence-electron chi connectivity index (χ4n) is 2.85. The summed E-state index contributed by atoms with van der Waals surface area (Å²) in [7, 11) is 1.43. The van der Waals surface area contributed by atoms with E-state index in [1.54, 1.807) is 0 Å². The zero-order valence-corrected chi connectivity index (χ0v) is 14.3. The highest BCUT2D eigenvalue weighted by Crippen LogP contribution is 2.28. The van der Waals surface area contributed by atoms with E-state index in [1.165, 1.54) is 7.11 Å². The number of rotatable bonds is 6. The fourth-order valence-corrected chi connectivity index (χ4v) is 2.85. The molecule has 23 heavy (non-hydrogen) atoms. The zero-order valence-electron chi connectivity index (χ0n) is 14.3. The lowest BCUT2D eigenvalue weighted by Gasteiger charge is -2.21. The number of esters is 1. The lowest BCUT2D eigenvalue weighted by atomic mass is 9.99. The molecule has 2 N–H and O–H groups in total. The van der Waals surface area contributed by atoms with Crippen LogP contribution in [0.1, 0.15) is 26.7 Å². The number of guanidine groups is 1. The van der Waals surface area contributed by atoms with Crippen molar-refractivity contribution in [3.63, 3.8) is 0 Å². The quantitative estimate of drug-likeness (QED) is 0.316. The van der Waals surface area contributed by atoms with Crippen molar-refractivity contribution in [3.8, 4) is 0 Å². The first-order valence-corrected chi connectivity index (χ1v) is 8.45. The molecule has 0 spiro atoms. The molecule has 7 heteroatoms. The van der Waals surface area contributed by atoms with Gasteiger partial charge in [-0.05, 0) is 25.7 Å². The third kappa shape index (κ3) is 4.84.